The minimum absolute atomic E-state index is 0.928. The summed E-state index contributed by atoms with van der Waals surface area (Å²) in [5, 5.41) is 3.42. The standard InChI is InChI=1S/C18H23NOS/c1-3-12-19-13-15-8-10-17(11-9-15)21-14-16-6-4-5-7-18(16)20-2/h4-11,19H,3,12-14H2,1-2H3. The number of methoxy groups -OCH3 is 1. The van der Waals surface area contributed by atoms with Crippen LogP contribution >= 0.6 is 11.8 Å². The highest BCUT2D eigenvalue weighted by Crippen LogP contribution is 2.27. The molecule has 2 nitrogen and oxygen atoms in total. The molecular weight excluding hydrogens is 278 g/mol. The largest absolute Gasteiger partial charge is 0.496 e. The SMILES string of the molecule is CCCNCc1ccc(SCc2ccccc2OC)cc1. The average Bonchev–Trinajstić information content (AvgIpc) is 2.54. The zero-order valence-electron chi connectivity index (χ0n) is 12.8. The normalized spacial score (nSPS) is 10.6. The summed E-state index contributed by atoms with van der Waals surface area (Å²) < 4.78 is 5.39. The van der Waals surface area contributed by atoms with Gasteiger partial charge in [-0.25, -0.2) is 0 Å². The molecule has 0 saturated carbocycles. The third-order valence-electron chi connectivity index (χ3n) is 3.27. The van der Waals surface area contributed by atoms with E-state index in [4.69, 9.17) is 4.74 Å². The second kappa shape index (κ2) is 8.75. The van der Waals surface area contributed by atoms with Crippen LogP contribution in [0.4, 0.5) is 0 Å². The fraction of sp³-hybridized carbons (Fsp3) is 0.333. The molecule has 2 aromatic carbocycles. The van der Waals surface area contributed by atoms with E-state index in [1.54, 1.807) is 7.11 Å². The Hall–Kier alpha value is -1.45. The molecule has 0 radical (unpaired) electrons. The maximum atomic E-state index is 5.39. The predicted molar refractivity (Wildman–Crippen MR) is 91.0 cm³/mol. The number of thioether (sulfide) groups is 1. The Morgan fingerprint density at radius 3 is 2.52 bits per heavy atom. The molecule has 2 rings (SSSR count). The lowest BCUT2D eigenvalue weighted by Crippen LogP contribution is -2.13. The van der Waals surface area contributed by atoms with Gasteiger partial charge < -0.3 is 10.1 Å². The maximum Gasteiger partial charge on any atom is 0.122 e. The number of benzene rings is 2. The maximum absolute atomic E-state index is 5.39. The van der Waals surface area contributed by atoms with Gasteiger partial charge in [-0.15, -0.1) is 11.8 Å². The van der Waals surface area contributed by atoms with Crippen LogP contribution in [-0.2, 0) is 12.3 Å². The number of rotatable bonds is 8. The summed E-state index contributed by atoms with van der Waals surface area (Å²) in [6.07, 6.45) is 1.17. The van der Waals surface area contributed by atoms with E-state index in [1.807, 2.05) is 23.9 Å². The highest BCUT2D eigenvalue weighted by Gasteiger charge is 2.02. The van der Waals surface area contributed by atoms with Crippen molar-refractivity contribution >= 4 is 11.8 Å². The summed E-state index contributed by atoms with van der Waals surface area (Å²) in [4.78, 5) is 1.29. The first-order valence-corrected chi connectivity index (χ1v) is 8.36. The molecule has 0 aliphatic heterocycles. The van der Waals surface area contributed by atoms with Crippen molar-refractivity contribution in [3.8, 4) is 5.75 Å². The molecule has 0 bridgehead atoms. The average molecular weight is 301 g/mol. The first-order chi connectivity index (χ1) is 10.3. The summed E-state index contributed by atoms with van der Waals surface area (Å²) in [6, 6.07) is 17.0. The van der Waals surface area contributed by atoms with Crippen LogP contribution in [0.1, 0.15) is 24.5 Å². The zero-order chi connectivity index (χ0) is 14.9. The molecule has 21 heavy (non-hydrogen) atoms. The molecule has 0 fully saturated rings. The van der Waals surface area contributed by atoms with E-state index in [1.165, 1.54) is 22.4 Å². The monoisotopic (exact) mass is 301 g/mol. The highest BCUT2D eigenvalue weighted by molar-refractivity contribution is 7.98. The van der Waals surface area contributed by atoms with Crippen LogP contribution in [0.3, 0.4) is 0 Å². The van der Waals surface area contributed by atoms with Gasteiger partial charge in [0.2, 0.25) is 0 Å². The molecule has 0 spiro atoms. The van der Waals surface area contributed by atoms with Gasteiger partial charge in [0.1, 0.15) is 5.75 Å². The third-order valence-corrected chi connectivity index (χ3v) is 4.33. The zero-order valence-corrected chi connectivity index (χ0v) is 13.6. The molecule has 3 heteroatoms. The van der Waals surface area contributed by atoms with Crippen LogP contribution in [0.25, 0.3) is 0 Å². The minimum atomic E-state index is 0.928. The van der Waals surface area contributed by atoms with E-state index in [-0.39, 0.29) is 0 Å². The Kier molecular flexibility index (Phi) is 6.64. The van der Waals surface area contributed by atoms with Crippen molar-refractivity contribution in [1.29, 1.82) is 0 Å². The first-order valence-electron chi connectivity index (χ1n) is 7.38. The lowest BCUT2D eigenvalue weighted by Gasteiger charge is -2.08. The molecule has 0 saturated heterocycles. The summed E-state index contributed by atoms with van der Waals surface area (Å²) in [7, 11) is 1.72. The fourth-order valence-corrected chi connectivity index (χ4v) is 2.99. The lowest BCUT2D eigenvalue weighted by atomic mass is 10.2. The van der Waals surface area contributed by atoms with Gasteiger partial charge in [0.05, 0.1) is 7.11 Å². The number of hydrogen-bond donors (Lipinski definition) is 1. The van der Waals surface area contributed by atoms with E-state index in [0.717, 1.165) is 24.6 Å². The Balaban J connectivity index is 1.88. The van der Waals surface area contributed by atoms with E-state index in [2.05, 4.69) is 48.6 Å². The number of nitrogens with one attached hydrogen (secondary N) is 1. The molecule has 0 atom stereocenters. The van der Waals surface area contributed by atoms with Gasteiger partial charge in [-0.2, -0.15) is 0 Å². The minimum Gasteiger partial charge on any atom is -0.496 e. The van der Waals surface area contributed by atoms with Crippen molar-refractivity contribution in [1.82, 2.24) is 5.32 Å². The number of hydrogen-bond acceptors (Lipinski definition) is 3. The van der Waals surface area contributed by atoms with Gasteiger partial charge in [0.25, 0.3) is 0 Å². The predicted octanol–water partition coefficient (Wildman–Crippen LogP) is 4.49. The van der Waals surface area contributed by atoms with Crippen molar-refractivity contribution in [2.75, 3.05) is 13.7 Å². The van der Waals surface area contributed by atoms with E-state index < -0.39 is 0 Å². The van der Waals surface area contributed by atoms with Crippen LogP contribution < -0.4 is 10.1 Å². The van der Waals surface area contributed by atoms with Gasteiger partial charge >= 0.3 is 0 Å². The third kappa shape index (κ3) is 5.10. The Morgan fingerprint density at radius 2 is 1.81 bits per heavy atom. The van der Waals surface area contributed by atoms with Crippen LogP contribution in [0.5, 0.6) is 5.75 Å². The highest BCUT2D eigenvalue weighted by atomic mass is 32.2. The molecule has 0 aromatic heterocycles. The first kappa shape index (κ1) is 15.9. The van der Waals surface area contributed by atoms with Crippen LogP contribution in [-0.4, -0.2) is 13.7 Å². The van der Waals surface area contributed by atoms with Crippen molar-refractivity contribution in [3.63, 3.8) is 0 Å². The molecule has 0 unspecified atom stereocenters. The summed E-state index contributed by atoms with van der Waals surface area (Å²) in [5.41, 5.74) is 2.57. The smallest absolute Gasteiger partial charge is 0.122 e. The van der Waals surface area contributed by atoms with Crippen molar-refractivity contribution < 1.29 is 4.74 Å². The van der Waals surface area contributed by atoms with Crippen LogP contribution in [0, 0.1) is 0 Å². The summed E-state index contributed by atoms with van der Waals surface area (Å²) >= 11 is 1.84. The molecule has 0 amide bonds. The molecular formula is C18H23NOS. The van der Waals surface area contributed by atoms with Gasteiger partial charge in [-0.3, -0.25) is 0 Å². The van der Waals surface area contributed by atoms with Gasteiger partial charge in [-0.1, -0.05) is 37.3 Å². The molecule has 2 aromatic rings. The molecule has 1 N–H and O–H groups in total. The van der Waals surface area contributed by atoms with Crippen LogP contribution in [0.15, 0.2) is 53.4 Å². The van der Waals surface area contributed by atoms with Gasteiger partial charge in [-0.05, 0) is 36.7 Å². The Bertz CT molecular complexity index is 539. The Labute approximate surface area is 131 Å². The number of ether oxygens (including phenoxy) is 1. The van der Waals surface area contributed by atoms with Crippen LogP contribution in [0.2, 0.25) is 0 Å². The van der Waals surface area contributed by atoms with Crippen molar-refractivity contribution in [2.24, 2.45) is 0 Å². The molecule has 0 aliphatic rings. The molecule has 112 valence electrons. The molecule has 0 heterocycles. The second-order valence-corrected chi connectivity index (χ2v) is 5.97. The van der Waals surface area contributed by atoms with E-state index >= 15 is 0 Å². The van der Waals surface area contributed by atoms with Gasteiger partial charge in [0, 0.05) is 22.8 Å². The van der Waals surface area contributed by atoms with Crippen molar-refractivity contribution in [2.45, 2.75) is 30.5 Å². The summed E-state index contributed by atoms with van der Waals surface area (Å²) in [6.45, 7) is 4.21. The Morgan fingerprint density at radius 1 is 1.05 bits per heavy atom. The fourth-order valence-electron chi connectivity index (χ4n) is 2.10. The quantitative estimate of drug-likeness (QED) is 0.573. The van der Waals surface area contributed by atoms with Gasteiger partial charge in [0.15, 0.2) is 0 Å². The van der Waals surface area contributed by atoms with Crippen molar-refractivity contribution in [3.05, 3.63) is 59.7 Å². The second-order valence-electron chi connectivity index (χ2n) is 4.92. The summed E-state index contributed by atoms with van der Waals surface area (Å²) in [5.74, 6) is 1.89. The topological polar surface area (TPSA) is 21.3 Å². The van der Waals surface area contributed by atoms with E-state index in [9.17, 15) is 0 Å². The lowest BCUT2D eigenvalue weighted by molar-refractivity contribution is 0.411. The number of para-hydroxylation sites is 1. The van der Waals surface area contributed by atoms with E-state index in [0.29, 0.717) is 0 Å². The molecule has 0 aliphatic carbocycles.